The maximum atomic E-state index is 9.81. The van der Waals surface area contributed by atoms with Crippen LogP contribution in [0.2, 0.25) is 0 Å². The second kappa shape index (κ2) is 6.91. The summed E-state index contributed by atoms with van der Waals surface area (Å²) >= 11 is 3.50. The molecule has 0 aliphatic rings. The summed E-state index contributed by atoms with van der Waals surface area (Å²) in [5, 5.41) is 9.81. The van der Waals surface area contributed by atoms with Crippen LogP contribution < -0.4 is 4.90 Å². The second-order valence-corrected chi connectivity index (χ2v) is 5.92. The molecule has 0 unspecified atom stereocenters. The van der Waals surface area contributed by atoms with E-state index in [0.29, 0.717) is 0 Å². The van der Waals surface area contributed by atoms with Crippen LogP contribution in [-0.4, -0.2) is 12.2 Å². The van der Waals surface area contributed by atoms with Crippen LogP contribution in [0.15, 0.2) is 53.0 Å². The number of hydrogen-bond acceptors (Lipinski definition) is 2. The number of aliphatic hydroxyl groups excluding tert-OH is 1. The Bertz CT molecular complexity index is 553. The zero-order valence-corrected chi connectivity index (χ0v) is 13.5. The van der Waals surface area contributed by atoms with E-state index in [2.05, 4.69) is 52.1 Å². The highest BCUT2D eigenvalue weighted by atomic mass is 79.9. The third-order valence-corrected chi connectivity index (χ3v) is 3.91. The van der Waals surface area contributed by atoms with Crippen molar-refractivity contribution in [3.8, 4) is 0 Å². The quantitative estimate of drug-likeness (QED) is 0.868. The normalized spacial score (nSPS) is 12.2. The van der Waals surface area contributed by atoms with Crippen LogP contribution in [0.5, 0.6) is 0 Å². The van der Waals surface area contributed by atoms with Gasteiger partial charge in [0.1, 0.15) is 0 Å². The van der Waals surface area contributed by atoms with E-state index in [-0.39, 0.29) is 6.10 Å². The van der Waals surface area contributed by atoms with E-state index >= 15 is 0 Å². The first-order chi connectivity index (χ1) is 9.60. The number of benzene rings is 2. The van der Waals surface area contributed by atoms with Gasteiger partial charge in [-0.2, -0.15) is 0 Å². The first kappa shape index (κ1) is 15.1. The first-order valence-corrected chi connectivity index (χ1v) is 7.63. The van der Waals surface area contributed by atoms with Gasteiger partial charge in [-0.15, -0.1) is 0 Å². The van der Waals surface area contributed by atoms with E-state index in [1.54, 1.807) is 0 Å². The molecule has 2 aromatic carbocycles. The Hall–Kier alpha value is -1.32. The molecule has 1 N–H and O–H groups in total. The van der Waals surface area contributed by atoms with Gasteiger partial charge >= 0.3 is 0 Å². The van der Waals surface area contributed by atoms with E-state index < -0.39 is 0 Å². The van der Waals surface area contributed by atoms with Gasteiger partial charge in [0.05, 0.1) is 6.10 Å². The summed E-state index contributed by atoms with van der Waals surface area (Å²) in [5.41, 5.74) is 3.39. The van der Waals surface area contributed by atoms with Crippen LogP contribution in [0.1, 0.15) is 30.6 Å². The van der Waals surface area contributed by atoms with Crippen LogP contribution in [0.25, 0.3) is 0 Å². The summed E-state index contributed by atoms with van der Waals surface area (Å²) in [5.74, 6) is 0. The average molecular weight is 334 g/mol. The summed E-state index contributed by atoms with van der Waals surface area (Å²) in [4.78, 5) is 2.20. The van der Waals surface area contributed by atoms with Crippen molar-refractivity contribution in [2.24, 2.45) is 0 Å². The van der Waals surface area contributed by atoms with Crippen molar-refractivity contribution in [1.82, 2.24) is 0 Å². The lowest BCUT2D eigenvalue weighted by atomic mass is 10.1. The molecule has 0 aliphatic heterocycles. The molecular weight excluding hydrogens is 314 g/mol. The van der Waals surface area contributed by atoms with Gasteiger partial charge < -0.3 is 10.0 Å². The van der Waals surface area contributed by atoms with E-state index in [4.69, 9.17) is 0 Å². The second-order valence-electron chi connectivity index (χ2n) is 5.00. The Kier molecular flexibility index (Phi) is 5.21. The molecule has 2 nitrogen and oxygen atoms in total. The fourth-order valence-corrected chi connectivity index (χ4v) is 2.63. The molecule has 0 amide bonds. The molecule has 1 atom stereocenters. The number of rotatable bonds is 5. The molecule has 0 heterocycles. The monoisotopic (exact) mass is 333 g/mol. The van der Waals surface area contributed by atoms with Gasteiger partial charge in [0.15, 0.2) is 0 Å². The molecule has 0 saturated carbocycles. The van der Waals surface area contributed by atoms with Crippen LogP contribution in [0.3, 0.4) is 0 Å². The maximum Gasteiger partial charge on any atom is 0.0787 e. The van der Waals surface area contributed by atoms with Crippen molar-refractivity contribution < 1.29 is 5.11 Å². The van der Waals surface area contributed by atoms with Crippen LogP contribution in [0.4, 0.5) is 5.69 Å². The van der Waals surface area contributed by atoms with Crippen molar-refractivity contribution in [2.75, 3.05) is 11.9 Å². The average Bonchev–Trinajstić information content (AvgIpc) is 2.46. The Morgan fingerprint density at radius 2 is 1.85 bits per heavy atom. The topological polar surface area (TPSA) is 23.5 Å². The SMILES string of the molecule is CC[C@H](O)c1ccc(N(C)Cc2cccc(Br)c2)cc1. The number of nitrogens with zero attached hydrogens (tertiary/aromatic N) is 1. The molecule has 20 heavy (non-hydrogen) atoms. The summed E-state index contributed by atoms with van der Waals surface area (Å²) in [7, 11) is 2.08. The standard InChI is InChI=1S/C17H20BrNO/c1-3-17(20)14-7-9-16(10-8-14)19(2)12-13-5-4-6-15(18)11-13/h4-11,17,20H,3,12H2,1-2H3/t17-/m0/s1. The van der Waals surface area contributed by atoms with Gasteiger partial charge in [-0.25, -0.2) is 0 Å². The van der Waals surface area contributed by atoms with Gasteiger partial charge in [0, 0.05) is 23.8 Å². The fraction of sp³-hybridized carbons (Fsp3) is 0.294. The van der Waals surface area contributed by atoms with Crippen LogP contribution in [-0.2, 0) is 6.54 Å². The molecule has 0 saturated heterocycles. The molecule has 3 heteroatoms. The van der Waals surface area contributed by atoms with Crippen molar-refractivity contribution in [3.63, 3.8) is 0 Å². The maximum absolute atomic E-state index is 9.81. The minimum atomic E-state index is -0.362. The summed E-state index contributed by atoms with van der Waals surface area (Å²) < 4.78 is 1.10. The van der Waals surface area contributed by atoms with Gasteiger partial charge in [-0.1, -0.05) is 47.1 Å². The van der Waals surface area contributed by atoms with Gasteiger partial charge in [-0.3, -0.25) is 0 Å². The first-order valence-electron chi connectivity index (χ1n) is 6.83. The Morgan fingerprint density at radius 1 is 1.15 bits per heavy atom. The molecule has 0 radical (unpaired) electrons. The Balaban J connectivity index is 2.07. The third-order valence-electron chi connectivity index (χ3n) is 3.41. The Morgan fingerprint density at radius 3 is 2.45 bits per heavy atom. The molecule has 2 rings (SSSR count). The highest BCUT2D eigenvalue weighted by Gasteiger charge is 2.06. The molecular formula is C17H20BrNO. The van der Waals surface area contributed by atoms with Gasteiger partial charge in [-0.05, 0) is 41.8 Å². The molecule has 0 spiro atoms. The third kappa shape index (κ3) is 3.84. The smallest absolute Gasteiger partial charge is 0.0787 e. The number of anilines is 1. The molecule has 106 valence electrons. The lowest BCUT2D eigenvalue weighted by Gasteiger charge is -2.20. The van der Waals surface area contributed by atoms with E-state index in [9.17, 15) is 5.11 Å². The molecule has 2 aromatic rings. The molecule has 0 aromatic heterocycles. The fourth-order valence-electron chi connectivity index (χ4n) is 2.19. The summed E-state index contributed by atoms with van der Waals surface area (Å²) in [6, 6.07) is 16.5. The van der Waals surface area contributed by atoms with Crippen LogP contribution >= 0.6 is 15.9 Å². The van der Waals surface area contributed by atoms with Crippen molar-refractivity contribution in [2.45, 2.75) is 26.0 Å². The minimum Gasteiger partial charge on any atom is -0.388 e. The predicted octanol–water partition coefficient (Wildman–Crippen LogP) is 4.53. The molecule has 0 fully saturated rings. The van der Waals surface area contributed by atoms with Gasteiger partial charge in [0.2, 0.25) is 0 Å². The lowest BCUT2D eigenvalue weighted by Crippen LogP contribution is -2.16. The van der Waals surface area contributed by atoms with Crippen molar-refractivity contribution in [3.05, 3.63) is 64.1 Å². The zero-order chi connectivity index (χ0) is 14.5. The highest BCUT2D eigenvalue weighted by Crippen LogP contribution is 2.22. The summed E-state index contributed by atoms with van der Waals surface area (Å²) in [6.07, 6.45) is 0.382. The largest absolute Gasteiger partial charge is 0.388 e. The van der Waals surface area contributed by atoms with Crippen LogP contribution in [0, 0.1) is 0 Å². The summed E-state index contributed by atoms with van der Waals surface area (Å²) in [6.45, 7) is 2.84. The van der Waals surface area contributed by atoms with E-state index in [0.717, 1.165) is 28.7 Å². The number of aliphatic hydroxyl groups is 1. The molecule has 0 bridgehead atoms. The van der Waals surface area contributed by atoms with Gasteiger partial charge in [0.25, 0.3) is 0 Å². The Labute approximate surface area is 129 Å². The molecule has 0 aliphatic carbocycles. The lowest BCUT2D eigenvalue weighted by molar-refractivity contribution is 0.173. The predicted molar refractivity (Wildman–Crippen MR) is 87.9 cm³/mol. The van der Waals surface area contributed by atoms with Crippen molar-refractivity contribution >= 4 is 21.6 Å². The number of hydrogen-bond donors (Lipinski definition) is 1. The van der Waals surface area contributed by atoms with E-state index in [1.807, 2.05) is 31.2 Å². The minimum absolute atomic E-state index is 0.362. The highest BCUT2D eigenvalue weighted by molar-refractivity contribution is 9.10. The number of halogens is 1. The van der Waals surface area contributed by atoms with Crippen molar-refractivity contribution in [1.29, 1.82) is 0 Å². The zero-order valence-electron chi connectivity index (χ0n) is 11.9. The van der Waals surface area contributed by atoms with E-state index in [1.165, 1.54) is 5.56 Å².